The molecule has 19 heavy (non-hydrogen) atoms. The van der Waals surface area contributed by atoms with E-state index < -0.39 is 0 Å². The molecule has 3 N–H and O–H groups in total. The van der Waals surface area contributed by atoms with E-state index in [4.69, 9.17) is 17.4 Å². The molecular weight excluding hydrogens is 280 g/mol. The Labute approximate surface area is 121 Å². The lowest BCUT2D eigenvalue weighted by molar-refractivity contribution is 0.856. The molecule has 0 fully saturated rings. The molecule has 2 rings (SSSR count). The number of aromatic nitrogens is 2. The van der Waals surface area contributed by atoms with Crippen molar-refractivity contribution in [3.8, 4) is 0 Å². The molecule has 0 saturated carbocycles. The van der Waals surface area contributed by atoms with Crippen LogP contribution in [0.2, 0.25) is 5.02 Å². The van der Waals surface area contributed by atoms with Crippen LogP contribution in [0.4, 0.5) is 5.82 Å². The highest BCUT2D eigenvalue weighted by molar-refractivity contribution is 7.99. The number of rotatable bonds is 5. The first kappa shape index (κ1) is 14.1. The van der Waals surface area contributed by atoms with Gasteiger partial charge in [-0.25, -0.2) is 15.8 Å². The molecule has 0 amide bonds. The molecule has 0 saturated heterocycles. The van der Waals surface area contributed by atoms with E-state index in [-0.39, 0.29) is 0 Å². The van der Waals surface area contributed by atoms with E-state index in [0.717, 1.165) is 33.3 Å². The average molecular weight is 295 g/mol. The van der Waals surface area contributed by atoms with Gasteiger partial charge in [0, 0.05) is 15.5 Å². The van der Waals surface area contributed by atoms with Crippen LogP contribution < -0.4 is 11.3 Å². The predicted molar refractivity (Wildman–Crippen MR) is 79.4 cm³/mol. The fourth-order valence-electron chi connectivity index (χ4n) is 1.70. The molecule has 2 aromatic rings. The van der Waals surface area contributed by atoms with Crippen LogP contribution in [0.25, 0.3) is 0 Å². The summed E-state index contributed by atoms with van der Waals surface area (Å²) in [7, 11) is 0. The Balaban J connectivity index is 2.30. The van der Waals surface area contributed by atoms with Gasteiger partial charge in [-0.1, -0.05) is 36.7 Å². The Morgan fingerprint density at radius 1 is 1.26 bits per heavy atom. The van der Waals surface area contributed by atoms with Gasteiger partial charge in [0.1, 0.15) is 17.2 Å². The van der Waals surface area contributed by atoms with Gasteiger partial charge < -0.3 is 5.43 Å². The van der Waals surface area contributed by atoms with Gasteiger partial charge in [0.2, 0.25) is 0 Å². The summed E-state index contributed by atoms with van der Waals surface area (Å²) in [4.78, 5) is 9.58. The van der Waals surface area contributed by atoms with Gasteiger partial charge in [-0.05, 0) is 30.7 Å². The summed E-state index contributed by atoms with van der Waals surface area (Å²) in [6.07, 6.45) is 3.42. The molecule has 100 valence electrons. The van der Waals surface area contributed by atoms with Crippen LogP contribution in [0, 0.1) is 0 Å². The molecule has 0 bridgehead atoms. The lowest BCUT2D eigenvalue weighted by Crippen LogP contribution is -2.12. The molecule has 0 aliphatic heterocycles. The van der Waals surface area contributed by atoms with E-state index in [1.165, 1.54) is 6.33 Å². The van der Waals surface area contributed by atoms with Gasteiger partial charge in [-0.15, -0.1) is 0 Å². The Bertz CT molecular complexity index is 545. The van der Waals surface area contributed by atoms with Crippen molar-refractivity contribution in [2.45, 2.75) is 29.7 Å². The van der Waals surface area contributed by atoms with Gasteiger partial charge in [0.25, 0.3) is 0 Å². The predicted octanol–water partition coefficient (Wildman–Crippen LogP) is 3.52. The first-order valence-electron chi connectivity index (χ1n) is 5.98. The fourth-order valence-corrected chi connectivity index (χ4v) is 2.74. The van der Waals surface area contributed by atoms with Crippen LogP contribution in [0.1, 0.15) is 18.9 Å². The number of hydrogen-bond donors (Lipinski definition) is 2. The van der Waals surface area contributed by atoms with Crippen molar-refractivity contribution >= 4 is 29.2 Å². The third-order valence-corrected chi connectivity index (χ3v) is 3.88. The minimum absolute atomic E-state index is 0.688. The summed E-state index contributed by atoms with van der Waals surface area (Å²) in [6.45, 7) is 2.12. The first-order chi connectivity index (χ1) is 9.24. The molecule has 1 aromatic heterocycles. The summed E-state index contributed by atoms with van der Waals surface area (Å²) in [5.74, 6) is 6.18. The minimum atomic E-state index is 0.688. The van der Waals surface area contributed by atoms with Crippen molar-refractivity contribution in [3.05, 3.63) is 41.2 Å². The molecule has 1 heterocycles. The van der Waals surface area contributed by atoms with Crippen LogP contribution in [0.15, 0.2) is 40.5 Å². The largest absolute Gasteiger partial charge is 0.308 e. The summed E-state index contributed by atoms with van der Waals surface area (Å²) >= 11 is 7.47. The Kier molecular flexibility index (Phi) is 5.01. The van der Waals surface area contributed by atoms with E-state index in [1.54, 1.807) is 11.8 Å². The molecule has 4 nitrogen and oxygen atoms in total. The van der Waals surface area contributed by atoms with Gasteiger partial charge >= 0.3 is 0 Å². The number of nitrogens with zero attached hydrogens (tertiary/aromatic N) is 2. The first-order valence-corrected chi connectivity index (χ1v) is 7.18. The summed E-state index contributed by atoms with van der Waals surface area (Å²) in [6, 6.07) is 7.68. The number of hydrogen-bond acceptors (Lipinski definition) is 5. The second kappa shape index (κ2) is 6.75. The zero-order chi connectivity index (χ0) is 13.7. The van der Waals surface area contributed by atoms with Crippen LogP contribution >= 0.6 is 23.4 Å². The number of anilines is 1. The van der Waals surface area contributed by atoms with E-state index in [2.05, 4.69) is 22.3 Å². The molecule has 1 aromatic carbocycles. The van der Waals surface area contributed by atoms with E-state index in [9.17, 15) is 0 Å². The Hall–Kier alpha value is -1.30. The number of nitrogens with two attached hydrogens (primary N) is 1. The standard InChI is InChI=1S/C13H15ClN4S/c1-2-3-11-12(18-15)16-8-17-13(11)19-10-6-4-9(14)5-7-10/h4-8H,2-3,15H2,1H3,(H,16,17,18). The molecular formula is C13H15ClN4S. The highest BCUT2D eigenvalue weighted by atomic mass is 35.5. The maximum absolute atomic E-state index is 5.88. The van der Waals surface area contributed by atoms with Crippen LogP contribution in [0.5, 0.6) is 0 Å². The molecule has 0 radical (unpaired) electrons. The highest BCUT2D eigenvalue weighted by Gasteiger charge is 2.11. The van der Waals surface area contributed by atoms with Gasteiger partial charge in [0.15, 0.2) is 0 Å². The van der Waals surface area contributed by atoms with Crippen LogP contribution in [0.3, 0.4) is 0 Å². The Morgan fingerprint density at radius 3 is 2.63 bits per heavy atom. The van der Waals surface area contributed by atoms with Crippen molar-refractivity contribution in [1.29, 1.82) is 0 Å². The molecule has 6 heteroatoms. The van der Waals surface area contributed by atoms with Gasteiger partial charge in [0.05, 0.1) is 0 Å². The summed E-state index contributed by atoms with van der Waals surface area (Å²) in [5.41, 5.74) is 3.68. The number of halogens is 1. The lowest BCUT2D eigenvalue weighted by atomic mass is 10.2. The molecule has 0 unspecified atom stereocenters. The van der Waals surface area contributed by atoms with Gasteiger partial charge in [-0.3, -0.25) is 0 Å². The molecule has 0 atom stereocenters. The lowest BCUT2D eigenvalue weighted by Gasteiger charge is -2.11. The Morgan fingerprint density at radius 2 is 2.00 bits per heavy atom. The zero-order valence-corrected chi connectivity index (χ0v) is 12.1. The van der Waals surface area contributed by atoms with Crippen molar-refractivity contribution in [2.75, 3.05) is 5.43 Å². The quantitative estimate of drug-likeness (QED) is 0.502. The maximum atomic E-state index is 5.88. The third-order valence-electron chi connectivity index (χ3n) is 2.57. The van der Waals surface area contributed by atoms with Crippen LogP contribution in [-0.4, -0.2) is 9.97 Å². The number of hydrazine groups is 1. The molecule has 0 spiro atoms. The van der Waals surface area contributed by atoms with Crippen molar-refractivity contribution in [1.82, 2.24) is 9.97 Å². The van der Waals surface area contributed by atoms with E-state index in [0.29, 0.717) is 5.82 Å². The second-order valence-corrected chi connectivity index (χ2v) is 5.45. The smallest absolute Gasteiger partial charge is 0.147 e. The van der Waals surface area contributed by atoms with Crippen molar-refractivity contribution in [2.24, 2.45) is 5.84 Å². The summed E-state index contributed by atoms with van der Waals surface area (Å²) in [5, 5.41) is 1.65. The third kappa shape index (κ3) is 3.59. The van der Waals surface area contributed by atoms with Crippen molar-refractivity contribution in [3.63, 3.8) is 0 Å². The topological polar surface area (TPSA) is 63.8 Å². The fraction of sp³-hybridized carbons (Fsp3) is 0.231. The van der Waals surface area contributed by atoms with Crippen LogP contribution in [-0.2, 0) is 6.42 Å². The number of benzene rings is 1. The maximum Gasteiger partial charge on any atom is 0.147 e. The molecule has 0 aliphatic carbocycles. The number of nitrogens with one attached hydrogen (secondary N) is 1. The minimum Gasteiger partial charge on any atom is -0.308 e. The zero-order valence-electron chi connectivity index (χ0n) is 10.6. The van der Waals surface area contributed by atoms with E-state index >= 15 is 0 Å². The summed E-state index contributed by atoms with van der Waals surface area (Å²) < 4.78 is 0. The monoisotopic (exact) mass is 294 g/mol. The second-order valence-electron chi connectivity index (χ2n) is 3.96. The van der Waals surface area contributed by atoms with Crippen molar-refractivity contribution < 1.29 is 0 Å². The SMILES string of the molecule is CCCc1c(NN)ncnc1Sc1ccc(Cl)cc1. The highest BCUT2D eigenvalue weighted by Crippen LogP contribution is 2.32. The van der Waals surface area contributed by atoms with E-state index in [1.807, 2.05) is 24.3 Å². The molecule has 0 aliphatic rings. The average Bonchev–Trinajstić information content (AvgIpc) is 2.43. The normalized spacial score (nSPS) is 10.5. The number of nitrogen functional groups attached to an aromatic ring is 1. The van der Waals surface area contributed by atoms with Gasteiger partial charge in [-0.2, -0.15) is 0 Å².